The van der Waals surface area contributed by atoms with Gasteiger partial charge in [0.15, 0.2) is 6.61 Å². The van der Waals surface area contributed by atoms with Crippen LogP contribution in [0.2, 0.25) is 0 Å². The van der Waals surface area contributed by atoms with Crippen molar-refractivity contribution in [3.8, 4) is 5.75 Å². The molecule has 2 rings (SSSR count). The summed E-state index contributed by atoms with van der Waals surface area (Å²) in [5.74, 6) is -0.913. The molecule has 1 saturated carbocycles. The molecule has 0 aliphatic heterocycles. The molecule has 0 heterocycles. The van der Waals surface area contributed by atoms with E-state index in [1.807, 2.05) is 0 Å². The van der Waals surface area contributed by atoms with E-state index in [2.05, 4.69) is 10.6 Å². The van der Waals surface area contributed by atoms with Gasteiger partial charge >= 0.3 is 12.0 Å². The lowest BCUT2D eigenvalue weighted by molar-refractivity contribution is -0.139. The van der Waals surface area contributed by atoms with Crippen LogP contribution in [-0.4, -0.2) is 49.3 Å². The van der Waals surface area contributed by atoms with Crippen LogP contribution in [0.3, 0.4) is 0 Å². The molecule has 8 nitrogen and oxygen atoms in total. The lowest BCUT2D eigenvalue weighted by Crippen LogP contribution is -2.46. The maximum absolute atomic E-state index is 12.2. The zero-order valence-corrected chi connectivity index (χ0v) is 14.9. The summed E-state index contributed by atoms with van der Waals surface area (Å²) in [5.41, 5.74) is 0.618. The zero-order chi connectivity index (χ0) is 18.9. The third-order valence-electron chi connectivity index (χ3n) is 4.30. The number of benzene rings is 1. The van der Waals surface area contributed by atoms with Gasteiger partial charge in [-0.3, -0.25) is 4.79 Å². The summed E-state index contributed by atoms with van der Waals surface area (Å²) < 4.78 is 5.05. The van der Waals surface area contributed by atoms with E-state index in [1.165, 1.54) is 11.3 Å². The number of hydrogen-bond donors (Lipinski definition) is 3. The van der Waals surface area contributed by atoms with Gasteiger partial charge < -0.3 is 25.4 Å². The monoisotopic (exact) mass is 363 g/mol. The molecule has 1 aromatic rings. The fraction of sp³-hybridized carbons (Fsp3) is 0.500. The Morgan fingerprint density at radius 1 is 1.15 bits per heavy atom. The minimum atomic E-state index is -1.06. The van der Waals surface area contributed by atoms with Crippen molar-refractivity contribution < 1.29 is 24.2 Å². The quantitative estimate of drug-likeness (QED) is 0.684. The standard InChI is InChI=1S/C18H25N3O5/c1-21(14-7-9-15(10-8-14)26-12-17(23)24)16(22)11-19-18(25)20-13-5-3-2-4-6-13/h7-10,13H,2-6,11-12H2,1H3,(H,23,24)(H2,19,20,25). The molecule has 8 heteroatoms. The van der Waals surface area contributed by atoms with Crippen LogP contribution in [0.15, 0.2) is 24.3 Å². The lowest BCUT2D eigenvalue weighted by Gasteiger charge is -2.23. The number of likely N-dealkylation sites (N-methyl/N-ethyl adjacent to an activating group) is 1. The Balaban J connectivity index is 1.77. The normalized spacial score (nSPS) is 14.3. The van der Waals surface area contributed by atoms with Crippen LogP contribution in [0.4, 0.5) is 10.5 Å². The van der Waals surface area contributed by atoms with Crippen LogP contribution < -0.4 is 20.3 Å². The molecule has 0 unspecified atom stereocenters. The van der Waals surface area contributed by atoms with Gasteiger partial charge in [0, 0.05) is 18.8 Å². The summed E-state index contributed by atoms with van der Waals surface area (Å²) in [6, 6.07) is 6.34. The van der Waals surface area contributed by atoms with Crippen LogP contribution in [0.5, 0.6) is 5.75 Å². The summed E-state index contributed by atoms with van der Waals surface area (Å²) in [7, 11) is 1.61. The number of nitrogens with one attached hydrogen (secondary N) is 2. The molecular formula is C18H25N3O5. The van der Waals surface area contributed by atoms with Gasteiger partial charge in [-0.25, -0.2) is 9.59 Å². The minimum Gasteiger partial charge on any atom is -0.482 e. The van der Waals surface area contributed by atoms with Crippen molar-refractivity contribution in [3.05, 3.63) is 24.3 Å². The molecule has 0 bridgehead atoms. The third kappa shape index (κ3) is 6.27. The van der Waals surface area contributed by atoms with Crippen molar-refractivity contribution in [1.29, 1.82) is 0 Å². The third-order valence-corrected chi connectivity index (χ3v) is 4.30. The van der Waals surface area contributed by atoms with E-state index in [1.54, 1.807) is 31.3 Å². The Morgan fingerprint density at radius 2 is 1.81 bits per heavy atom. The van der Waals surface area contributed by atoms with Gasteiger partial charge in [-0.2, -0.15) is 0 Å². The van der Waals surface area contributed by atoms with E-state index >= 15 is 0 Å². The van der Waals surface area contributed by atoms with Crippen LogP contribution in [0.25, 0.3) is 0 Å². The second kappa shape index (κ2) is 9.65. The average Bonchev–Trinajstić information content (AvgIpc) is 2.65. The first kappa shape index (κ1) is 19.6. The molecule has 142 valence electrons. The van der Waals surface area contributed by atoms with Crippen molar-refractivity contribution >= 4 is 23.6 Å². The second-order valence-corrected chi connectivity index (χ2v) is 6.29. The highest BCUT2D eigenvalue weighted by Gasteiger charge is 2.17. The molecular weight excluding hydrogens is 338 g/mol. The second-order valence-electron chi connectivity index (χ2n) is 6.29. The number of carbonyl (C=O) groups is 3. The SMILES string of the molecule is CN(C(=O)CNC(=O)NC1CCCCC1)c1ccc(OCC(=O)O)cc1. The summed E-state index contributed by atoms with van der Waals surface area (Å²) >= 11 is 0. The van der Waals surface area contributed by atoms with Gasteiger partial charge in [0.25, 0.3) is 0 Å². The fourth-order valence-corrected chi connectivity index (χ4v) is 2.81. The van der Waals surface area contributed by atoms with Crippen LogP contribution in [0, 0.1) is 0 Å². The van der Waals surface area contributed by atoms with Crippen LogP contribution in [-0.2, 0) is 9.59 Å². The Kier molecular flexibility index (Phi) is 7.25. The first-order valence-corrected chi connectivity index (χ1v) is 8.71. The van der Waals surface area contributed by atoms with Gasteiger partial charge in [-0.05, 0) is 37.1 Å². The predicted octanol–water partition coefficient (Wildman–Crippen LogP) is 1.74. The van der Waals surface area contributed by atoms with Crippen LogP contribution in [0.1, 0.15) is 32.1 Å². The van der Waals surface area contributed by atoms with Crippen molar-refractivity contribution in [2.24, 2.45) is 0 Å². The molecule has 0 atom stereocenters. The van der Waals surface area contributed by atoms with Gasteiger partial charge in [-0.1, -0.05) is 19.3 Å². The molecule has 1 aliphatic rings. The number of rotatable bonds is 7. The molecule has 0 aromatic heterocycles. The molecule has 1 aromatic carbocycles. The predicted molar refractivity (Wildman–Crippen MR) is 96.4 cm³/mol. The van der Waals surface area contributed by atoms with Gasteiger partial charge in [-0.15, -0.1) is 0 Å². The minimum absolute atomic E-state index is 0.105. The van der Waals surface area contributed by atoms with E-state index < -0.39 is 12.6 Å². The maximum atomic E-state index is 12.2. The number of carboxylic acids is 1. The molecule has 3 N–H and O–H groups in total. The van der Waals surface area contributed by atoms with Gasteiger partial charge in [0.1, 0.15) is 5.75 Å². The zero-order valence-electron chi connectivity index (χ0n) is 14.9. The summed E-state index contributed by atoms with van der Waals surface area (Å²) in [4.78, 5) is 36.0. The van der Waals surface area contributed by atoms with Crippen LogP contribution >= 0.6 is 0 Å². The molecule has 3 amide bonds. The van der Waals surface area contributed by atoms with Gasteiger partial charge in [0.2, 0.25) is 5.91 Å². The van der Waals surface area contributed by atoms with E-state index in [4.69, 9.17) is 9.84 Å². The molecule has 0 spiro atoms. The first-order chi connectivity index (χ1) is 12.5. The molecule has 1 fully saturated rings. The Morgan fingerprint density at radius 3 is 2.42 bits per heavy atom. The maximum Gasteiger partial charge on any atom is 0.341 e. The largest absolute Gasteiger partial charge is 0.482 e. The van der Waals surface area contributed by atoms with Crippen molar-refractivity contribution in [1.82, 2.24) is 10.6 Å². The fourth-order valence-electron chi connectivity index (χ4n) is 2.81. The molecule has 0 saturated heterocycles. The van der Waals surface area contributed by atoms with E-state index in [0.29, 0.717) is 11.4 Å². The van der Waals surface area contributed by atoms with Crippen molar-refractivity contribution in [3.63, 3.8) is 0 Å². The Hall–Kier alpha value is -2.77. The molecule has 26 heavy (non-hydrogen) atoms. The number of nitrogens with zero attached hydrogens (tertiary/aromatic N) is 1. The summed E-state index contributed by atoms with van der Waals surface area (Å²) in [6.45, 7) is -0.527. The van der Waals surface area contributed by atoms with E-state index in [9.17, 15) is 14.4 Å². The average molecular weight is 363 g/mol. The number of ether oxygens (including phenoxy) is 1. The summed E-state index contributed by atoms with van der Waals surface area (Å²) in [5, 5.41) is 14.1. The highest BCUT2D eigenvalue weighted by atomic mass is 16.5. The number of urea groups is 1. The first-order valence-electron chi connectivity index (χ1n) is 8.71. The Labute approximate surface area is 152 Å². The molecule has 1 aliphatic carbocycles. The number of amides is 3. The highest BCUT2D eigenvalue weighted by molar-refractivity contribution is 5.96. The van der Waals surface area contributed by atoms with E-state index in [0.717, 1.165) is 25.7 Å². The molecule has 0 radical (unpaired) electrons. The number of anilines is 1. The number of hydrogen-bond acceptors (Lipinski definition) is 4. The number of aliphatic carboxylic acids is 1. The number of carboxylic acid groups (broad SMARTS) is 1. The Bertz CT molecular complexity index is 626. The highest BCUT2D eigenvalue weighted by Crippen LogP contribution is 2.19. The van der Waals surface area contributed by atoms with Crippen molar-refractivity contribution in [2.45, 2.75) is 38.1 Å². The van der Waals surface area contributed by atoms with E-state index in [-0.39, 0.29) is 24.5 Å². The smallest absolute Gasteiger partial charge is 0.341 e. The van der Waals surface area contributed by atoms with Crippen molar-refractivity contribution in [2.75, 3.05) is 25.1 Å². The van der Waals surface area contributed by atoms with Gasteiger partial charge in [0.05, 0.1) is 6.54 Å². The number of carbonyl (C=O) groups excluding carboxylic acids is 2. The lowest BCUT2D eigenvalue weighted by atomic mass is 9.96. The summed E-state index contributed by atoms with van der Waals surface area (Å²) in [6.07, 6.45) is 5.43. The topological polar surface area (TPSA) is 108 Å².